The van der Waals surface area contributed by atoms with Crippen LogP contribution >= 0.6 is 0 Å². The first-order valence-corrected chi connectivity index (χ1v) is 9.55. The van der Waals surface area contributed by atoms with Gasteiger partial charge in [-0.25, -0.2) is 8.42 Å². The van der Waals surface area contributed by atoms with Gasteiger partial charge in [0.1, 0.15) is 0 Å². The molecule has 130 valence electrons. The van der Waals surface area contributed by atoms with Crippen LogP contribution in [-0.2, 0) is 14.8 Å². The van der Waals surface area contributed by atoms with Crippen molar-refractivity contribution >= 4 is 32.5 Å². The van der Waals surface area contributed by atoms with Crippen molar-refractivity contribution < 1.29 is 13.2 Å². The number of carbonyl (C=O) groups excluding carboxylic acids is 1. The Morgan fingerprint density at radius 1 is 1.21 bits per heavy atom. The van der Waals surface area contributed by atoms with Crippen LogP contribution < -0.4 is 5.32 Å². The summed E-state index contributed by atoms with van der Waals surface area (Å²) < 4.78 is 25.2. The number of anilines is 1. The highest BCUT2D eigenvalue weighted by molar-refractivity contribution is 7.88. The second-order valence-corrected chi connectivity index (χ2v) is 8.59. The van der Waals surface area contributed by atoms with Crippen molar-refractivity contribution in [2.24, 2.45) is 0 Å². The number of aromatic nitrogens is 1. The zero-order valence-electron chi connectivity index (χ0n) is 14.4. The third-order valence-corrected chi connectivity index (χ3v) is 5.13. The molecule has 0 aliphatic carbocycles. The number of fused-ring (bicyclic) bond motifs is 1. The third kappa shape index (κ3) is 4.52. The summed E-state index contributed by atoms with van der Waals surface area (Å²) in [4.78, 5) is 16.5. The van der Waals surface area contributed by atoms with Crippen molar-refractivity contribution in [3.8, 4) is 0 Å². The molecule has 1 aromatic carbocycles. The minimum absolute atomic E-state index is 0.0769. The molecule has 0 aliphatic rings. The molecule has 6 nitrogen and oxygen atoms in total. The second-order valence-electron chi connectivity index (χ2n) is 6.68. The number of hydrogen-bond donors (Lipinski definition) is 1. The Balaban J connectivity index is 2.10. The summed E-state index contributed by atoms with van der Waals surface area (Å²) in [6.45, 7) is 5.55. The summed E-state index contributed by atoms with van der Waals surface area (Å²) in [7, 11) is -3.38. The van der Waals surface area contributed by atoms with Crippen molar-refractivity contribution in [2.45, 2.75) is 32.7 Å². The van der Waals surface area contributed by atoms with Gasteiger partial charge in [-0.1, -0.05) is 18.2 Å². The van der Waals surface area contributed by atoms with Crippen molar-refractivity contribution in [3.63, 3.8) is 0 Å². The van der Waals surface area contributed by atoms with Crippen molar-refractivity contribution in [1.29, 1.82) is 0 Å². The SMILES string of the molecule is CC(C)(C)N(CCC(=O)Nc1cccc2cccnc12)S(C)(=O)=O. The highest BCUT2D eigenvalue weighted by atomic mass is 32.2. The number of para-hydroxylation sites is 1. The third-order valence-electron chi connectivity index (χ3n) is 3.60. The maximum absolute atomic E-state index is 12.3. The molecular formula is C17H23N3O3S. The van der Waals surface area contributed by atoms with Crippen LogP contribution in [0.2, 0.25) is 0 Å². The molecule has 1 N–H and O–H groups in total. The number of pyridine rings is 1. The Morgan fingerprint density at radius 3 is 2.50 bits per heavy atom. The summed E-state index contributed by atoms with van der Waals surface area (Å²) in [5.74, 6) is -0.244. The molecular weight excluding hydrogens is 326 g/mol. The molecule has 0 radical (unpaired) electrons. The van der Waals surface area contributed by atoms with Crippen LogP contribution in [0.1, 0.15) is 27.2 Å². The van der Waals surface area contributed by atoms with Gasteiger partial charge in [0.15, 0.2) is 0 Å². The van der Waals surface area contributed by atoms with Gasteiger partial charge in [0.05, 0.1) is 17.5 Å². The molecule has 0 atom stereocenters. The van der Waals surface area contributed by atoms with E-state index in [1.807, 2.05) is 24.3 Å². The maximum Gasteiger partial charge on any atom is 0.225 e. The van der Waals surface area contributed by atoms with Gasteiger partial charge in [-0.2, -0.15) is 4.31 Å². The molecule has 0 unspecified atom stereocenters. The average molecular weight is 349 g/mol. The van der Waals surface area contributed by atoms with Crippen molar-refractivity contribution in [2.75, 3.05) is 18.1 Å². The summed E-state index contributed by atoms with van der Waals surface area (Å²) in [5, 5.41) is 3.75. The number of rotatable bonds is 5. The number of nitrogens with one attached hydrogen (secondary N) is 1. The van der Waals surface area contributed by atoms with Gasteiger partial charge in [-0.05, 0) is 32.9 Å². The first-order chi connectivity index (χ1) is 11.1. The standard InChI is InChI=1S/C17H23N3O3S/c1-17(2,3)20(24(4,22)23)12-10-15(21)19-14-9-5-7-13-8-6-11-18-16(13)14/h5-9,11H,10,12H2,1-4H3,(H,19,21). The predicted octanol–water partition coefficient (Wildman–Crippen LogP) is 2.62. The van der Waals surface area contributed by atoms with E-state index in [1.165, 1.54) is 4.31 Å². The fraction of sp³-hybridized carbons (Fsp3) is 0.412. The average Bonchev–Trinajstić information content (AvgIpc) is 2.45. The van der Waals surface area contributed by atoms with E-state index in [4.69, 9.17) is 0 Å². The highest BCUT2D eigenvalue weighted by Gasteiger charge is 2.29. The van der Waals surface area contributed by atoms with Gasteiger partial charge >= 0.3 is 0 Å². The fourth-order valence-electron chi connectivity index (χ4n) is 2.62. The lowest BCUT2D eigenvalue weighted by Crippen LogP contribution is -2.46. The molecule has 0 saturated carbocycles. The Bertz CT molecular complexity index is 836. The van der Waals surface area contributed by atoms with Crippen LogP contribution in [-0.4, -0.2) is 42.0 Å². The molecule has 1 heterocycles. The molecule has 0 aliphatic heterocycles. The Labute approximate surface area is 142 Å². The van der Waals surface area contributed by atoms with E-state index in [-0.39, 0.29) is 18.9 Å². The number of sulfonamides is 1. The smallest absolute Gasteiger partial charge is 0.225 e. The topological polar surface area (TPSA) is 79.4 Å². The van der Waals surface area contributed by atoms with Crippen LogP contribution in [0.4, 0.5) is 5.69 Å². The molecule has 24 heavy (non-hydrogen) atoms. The number of hydrogen-bond acceptors (Lipinski definition) is 4. The van der Waals surface area contributed by atoms with E-state index >= 15 is 0 Å². The van der Waals surface area contributed by atoms with E-state index in [2.05, 4.69) is 10.3 Å². The maximum atomic E-state index is 12.3. The molecule has 2 aromatic rings. The quantitative estimate of drug-likeness (QED) is 0.900. The van der Waals surface area contributed by atoms with E-state index < -0.39 is 15.6 Å². The summed E-state index contributed by atoms with van der Waals surface area (Å²) >= 11 is 0. The first-order valence-electron chi connectivity index (χ1n) is 7.70. The zero-order chi connectivity index (χ0) is 18.0. The van der Waals surface area contributed by atoms with E-state index in [0.29, 0.717) is 11.2 Å². The lowest BCUT2D eigenvalue weighted by atomic mass is 10.1. The van der Waals surface area contributed by atoms with Crippen LogP contribution in [0.5, 0.6) is 0 Å². The van der Waals surface area contributed by atoms with E-state index in [0.717, 1.165) is 11.6 Å². The molecule has 0 spiro atoms. The summed E-state index contributed by atoms with van der Waals surface area (Å²) in [6, 6.07) is 9.30. The molecule has 1 aromatic heterocycles. The monoisotopic (exact) mass is 349 g/mol. The molecule has 2 rings (SSSR count). The fourth-order valence-corrected chi connectivity index (χ4v) is 4.04. The van der Waals surface area contributed by atoms with Gasteiger partial charge in [-0.3, -0.25) is 9.78 Å². The summed E-state index contributed by atoms with van der Waals surface area (Å²) in [6.07, 6.45) is 2.90. The zero-order valence-corrected chi connectivity index (χ0v) is 15.2. The molecule has 0 saturated heterocycles. The van der Waals surface area contributed by atoms with Gasteiger partial charge in [0.2, 0.25) is 15.9 Å². The Hall–Kier alpha value is -1.99. The normalized spacial score (nSPS) is 12.5. The van der Waals surface area contributed by atoms with Gasteiger partial charge in [0.25, 0.3) is 0 Å². The highest BCUT2D eigenvalue weighted by Crippen LogP contribution is 2.21. The largest absolute Gasteiger partial charge is 0.324 e. The molecule has 7 heteroatoms. The molecule has 0 fully saturated rings. The van der Waals surface area contributed by atoms with Crippen LogP contribution in [0.15, 0.2) is 36.5 Å². The van der Waals surface area contributed by atoms with Crippen LogP contribution in [0.25, 0.3) is 10.9 Å². The van der Waals surface area contributed by atoms with Crippen LogP contribution in [0.3, 0.4) is 0 Å². The minimum atomic E-state index is -3.38. The predicted molar refractivity (Wildman–Crippen MR) is 96.3 cm³/mol. The van der Waals surface area contributed by atoms with Gasteiger partial charge in [-0.15, -0.1) is 0 Å². The number of carbonyl (C=O) groups is 1. The summed E-state index contributed by atoms with van der Waals surface area (Å²) in [5.41, 5.74) is 0.762. The van der Waals surface area contributed by atoms with Gasteiger partial charge < -0.3 is 5.32 Å². The van der Waals surface area contributed by atoms with Crippen LogP contribution in [0, 0.1) is 0 Å². The van der Waals surface area contributed by atoms with E-state index in [9.17, 15) is 13.2 Å². The van der Waals surface area contributed by atoms with Crippen molar-refractivity contribution in [3.05, 3.63) is 36.5 Å². The number of benzene rings is 1. The van der Waals surface area contributed by atoms with Gasteiger partial charge in [0, 0.05) is 30.1 Å². The molecule has 1 amide bonds. The minimum Gasteiger partial charge on any atom is -0.324 e. The number of amides is 1. The number of nitrogens with zero attached hydrogens (tertiary/aromatic N) is 2. The first kappa shape index (κ1) is 18.4. The lowest BCUT2D eigenvalue weighted by Gasteiger charge is -2.33. The van der Waals surface area contributed by atoms with E-state index in [1.54, 1.807) is 33.0 Å². The van der Waals surface area contributed by atoms with Crippen molar-refractivity contribution in [1.82, 2.24) is 9.29 Å². The molecule has 0 bridgehead atoms. The Morgan fingerprint density at radius 2 is 1.88 bits per heavy atom. The lowest BCUT2D eigenvalue weighted by molar-refractivity contribution is -0.116. The Kier molecular flexibility index (Phi) is 5.25. The second kappa shape index (κ2) is 6.86.